The zero-order chi connectivity index (χ0) is 17.4. The van der Waals surface area contributed by atoms with E-state index in [2.05, 4.69) is 10.2 Å². The Morgan fingerprint density at radius 2 is 1.61 bits per heavy atom. The molecule has 0 atom stereocenters. The van der Waals surface area contributed by atoms with Gasteiger partial charge in [-0.05, 0) is 26.1 Å². The molecule has 0 aliphatic heterocycles. The first-order valence-electron chi connectivity index (χ1n) is 7.33. The summed E-state index contributed by atoms with van der Waals surface area (Å²) in [6.45, 7) is 7.14. The molecule has 0 saturated carbocycles. The normalized spacial score (nSPS) is 10.6. The lowest BCUT2D eigenvalue weighted by atomic mass is 10.1. The number of rotatable bonds is 9. The van der Waals surface area contributed by atoms with E-state index >= 15 is 0 Å². The van der Waals surface area contributed by atoms with E-state index in [0.717, 1.165) is 44.3 Å². The minimum atomic E-state index is -0.760. The highest BCUT2D eigenvalue weighted by Gasteiger charge is 2.19. The first-order valence-corrected chi connectivity index (χ1v) is 7.33. The number of hydrogen-bond donors (Lipinski definition) is 1. The SMILES string of the molecule is CCN(CC)CCCNC(=O)c1cc([N+](=O)[O-])cc([N+](=O)[O-])c1. The van der Waals surface area contributed by atoms with Gasteiger partial charge < -0.3 is 10.2 Å². The van der Waals surface area contributed by atoms with Gasteiger partial charge in [-0.2, -0.15) is 0 Å². The van der Waals surface area contributed by atoms with Gasteiger partial charge >= 0.3 is 0 Å². The first kappa shape index (κ1) is 18.5. The zero-order valence-electron chi connectivity index (χ0n) is 13.2. The highest BCUT2D eigenvalue weighted by Crippen LogP contribution is 2.22. The lowest BCUT2D eigenvalue weighted by molar-refractivity contribution is -0.394. The molecule has 1 aromatic carbocycles. The number of non-ortho nitro benzene ring substituents is 2. The molecule has 0 aromatic heterocycles. The molecule has 1 rings (SSSR count). The summed E-state index contributed by atoms with van der Waals surface area (Å²) in [5.41, 5.74) is -1.05. The largest absolute Gasteiger partial charge is 0.352 e. The van der Waals surface area contributed by atoms with Gasteiger partial charge in [0, 0.05) is 18.7 Å². The van der Waals surface area contributed by atoms with Crippen molar-refractivity contribution in [1.29, 1.82) is 0 Å². The molecule has 1 N–H and O–H groups in total. The van der Waals surface area contributed by atoms with Crippen LogP contribution in [0.25, 0.3) is 0 Å². The average Bonchev–Trinajstić information content (AvgIpc) is 2.54. The molecule has 0 spiro atoms. The van der Waals surface area contributed by atoms with Crippen LogP contribution in [-0.4, -0.2) is 46.8 Å². The van der Waals surface area contributed by atoms with Crippen LogP contribution in [0.3, 0.4) is 0 Å². The lowest BCUT2D eigenvalue weighted by Crippen LogP contribution is -2.30. The summed E-state index contributed by atoms with van der Waals surface area (Å²) in [6.07, 6.45) is 0.727. The van der Waals surface area contributed by atoms with Gasteiger partial charge in [0.05, 0.1) is 21.5 Å². The van der Waals surface area contributed by atoms with Gasteiger partial charge in [-0.15, -0.1) is 0 Å². The fourth-order valence-electron chi connectivity index (χ4n) is 2.08. The third kappa shape index (κ3) is 5.62. The van der Waals surface area contributed by atoms with Crippen molar-refractivity contribution in [2.24, 2.45) is 0 Å². The van der Waals surface area contributed by atoms with Crippen molar-refractivity contribution in [2.75, 3.05) is 26.2 Å². The van der Waals surface area contributed by atoms with E-state index in [0.29, 0.717) is 6.54 Å². The Morgan fingerprint density at radius 1 is 1.09 bits per heavy atom. The Labute approximate surface area is 133 Å². The molecule has 9 heteroatoms. The molecule has 1 amide bonds. The summed E-state index contributed by atoms with van der Waals surface area (Å²) < 4.78 is 0. The molecule has 0 radical (unpaired) electrons. The van der Waals surface area contributed by atoms with E-state index in [-0.39, 0.29) is 5.56 Å². The minimum absolute atomic E-state index is 0.0891. The van der Waals surface area contributed by atoms with Crippen molar-refractivity contribution >= 4 is 17.3 Å². The van der Waals surface area contributed by atoms with E-state index in [1.165, 1.54) is 0 Å². The Kier molecular flexibility index (Phi) is 7.07. The number of nitrogens with zero attached hydrogens (tertiary/aromatic N) is 3. The molecule has 23 heavy (non-hydrogen) atoms. The van der Waals surface area contributed by atoms with Gasteiger partial charge in [0.2, 0.25) is 0 Å². The zero-order valence-corrected chi connectivity index (χ0v) is 13.2. The second kappa shape index (κ2) is 8.79. The fourth-order valence-corrected chi connectivity index (χ4v) is 2.08. The van der Waals surface area contributed by atoms with Crippen molar-refractivity contribution in [1.82, 2.24) is 10.2 Å². The maximum absolute atomic E-state index is 12.0. The highest BCUT2D eigenvalue weighted by atomic mass is 16.6. The van der Waals surface area contributed by atoms with Gasteiger partial charge in [-0.3, -0.25) is 25.0 Å². The van der Waals surface area contributed by atoms with Crippen molar-refractivity contribution in [3.63, 3.8) is 0 Å². The van der Waals surface area contributed by atoms with Crippen LogP contribution in [0.2, 0.25) is 0 Å². The van der Waals surface area contributed by atoms with E-state index in [1.54, 1.807) is 0 Å². The maximum atomic E-state index is 12.0. The molecular weight excluding hydrogens is 304 g/mol. The summed E-state index contributed by atoms with van der Waals surface area (Å²) >= 11 is 0. The van der Waals surface area contributed by atoms with Gasteiger partial charge in [-0.25, -0.2) is 0 Å². The molecule has 0 saturated heterocycles. The van der Waals surface area contributed by atoms with Crippen molar-refractivity contribution in [3.8, 4) is 0 Å². The van der Waals surface area contributed by atoms with Crippen LogP contribution < -0.4 is 5.32 Å². The highest BCUT2D eigenvalue weighted by molar-refractivity contribution is 5.95. The standard InChI is InChI=1S/C14H20N4O5/c1-3-16(4-2)7-5-6-15-14(19)11-8-12(17(20)21)10-13(9-11)18(22)23/h8-10H,3-7H2,1-2H3,(H,15,19). The Morgan fingerprint density at radius 3 is 2.04 bits per heavy atom. The van der Waals surface area contributed by atoms with Crippen molar-refractivity contribution in [3.05, 3.63) is 44.0 Å². The van der Waals surface area contributed by atoms with E-state index in [4.69, 9.17) is 0 Å². The van der Waals surface area contributed by atoms with Crippen LogP contribution in [0.5, 0.6) is 0 Å². The second-order valence-corrected chi connectivity index (χ2v) is 4.89. The van der Waals surface area contributed by atoms with Crippen LogP contribution in [0.1, 0.15) is 30.6 Å². The number of nitro benzene ring substituents is 2. The second-order valence-electron chi connectivity index (χ2n) is 4.89. The molecule has 0 aliphatic carbocycles. The minimum Gasteiger partial charge on any atom is -0.352 e. The summed E-state index contributed by atoms with van der Waals surface area (Å²) in [5.74, 6) is -0.559. The quantitative estimate of drug-likeness (QED) is 0.421. The molecule has 9 nitrogen and oxygen atoms in total. The Bertz CT molecular complexity index is 554. The molecular formula is C14H20N4O5. The topological polar surface area (TPSA) is 119 Å². The van der Waals surface area contributed by atoms with Crippen molar-refractivity contribution in [2.45, 2.75) is 20.3 Å². The van der Waals surface area contributed by atoms with Crippen LogP contribution >= 0.6 is 0 Å². The third-order valence-electron chi connectivity index (χ3n) is 3.42. The number of carbonyl (C=O) groups excluding carboxylic acids is 1. The Balaban J connectivity index is 2.72. The van der Waals surface area contributed by atoms with Crippen LogP contribution in [0.4, 0.5) is 11.4 Å². The Hall–Kier alpha value is -2.55. The van der Waals surface area contributed by atoms with E-state index in [1.807, 2.05) is 13.8 Å². The summed E-state index contributed by atoms with van der Waals surface area (Å²) in [7, 11) is 0. The lowest BCUT2D eigenvalue weighted by Gasteiger charge is -2.17. The molecule has 0 heterocycles. The maximum Gasteiger partial charge on any atom is 0.277 e. The van der Waals surface area contributed by atoms with Gasteiger partial charge in [-0.1, -0.05) is 13.8 Å². The summed E-state index contributed by atoms with van der Waals surface area (Å²) in [4.78, 5) is 34.3. The third-order valence-corrected chi connectivity index (χ3v) is 3.42. The molecule has 0 unspecified atom stereocenters. The number of nitrogens with one attached hydrogen (secondary N) is 1. The monoisotopic (exact) mass is 324 g/mol. The van der Waals surface area contributed by atoms with Crippen LogP contribution in [0, 0.1) is 20.2 Å². The van der Waals surface area contributed by atoms with Gasteiger partial charge in [0.1, 0.15) is 0 Å². The number of hydrogen-bond acceptors (Lipinski definition) is 6. The smallest absolute Gasteiger partial charge is 0.277 e. The predicted octanol–water partition coefficient (Wildman–Crippen LogP) is 1.96. The van der Waals surface area contributed by atoms with Crippen LogP contribution in [-0.2, 0) is 0 Å². The van der Waals surface area contributed by atoms with E-state index in [9.17, 15) is 25.0 Å². The number of benzene rings is 1. The number of amides is 1. The predicted molar refractivity (Wildman–Crippen MR) is 84.5 cm³/mol. The molecule has 1 aromatic rings. The van der Waals surface area contributed by atoms with Crippen molar-refractivity contribution < 1.29 is 14.6 Å². The fraction of sp³-hybridized carbons (Fsp3) is 0.500. The molecule has 126 valence electrons. The average molecular weight is 324 g/mol. The van der Waals surface area contributed by atoms with Gasteiger partial charge in [0.25, 0.3) is 17.3 Å². The summed E-state index contributed by atoms with van der Waals surface area (Å²) in [6, 6.07) is 2.90. The number of nitro groups is 2. The molecule has 0 aliphatic rings. The van der Waals surface area contributed by atoms with E-state index < -0.39 is 27.1 Å². The van der Waals surface area contributed by atoms with Crippen LogP contribution in [0.15, 0.2) is 18.2 Å². The van der Waals surface area contributed by atoms with Gasteiger partial charge in [0.15, 0.2) is 0 Å². The summed E-state index contributed by atoms with van der Waals surface area (Å²) in [5, 5.41) is 24.2. The first-order chi connectivity index (χ1) is 10.9. The molecule has 0 bridgehead atoms. The number of carbonyl (C=O) groups is 1. The molecule has 0 fully saturated rings.